The van der Waals surface area contributed by atoms with E-state index in [1.54, 1.807) is 24.3 Å². The standard InChI is InChI=1S/C22H18BrFN2O3S/c23-19-7-3-4-8-21(19)25-22(27)18-13-17(9-10-20(18)24)30(28,29)26-12-11-15-5-1-2-6-16(15)14-26/h1-10,13H,11-12,14H2,(H,25,27). The van der Waals surface area contributed by atoms with Crippen LogP contribution in [0.3, 0.4) is 0 Å². The molecule has 30 heavy (non-hydrogen) atoms. The molecule has 0 bridgehead atoms. The molecule has 0 unspecified atom stereocenters. The quantitative estimate of drug-likeness (QED) is 0.583. The minimum atomic E-state index is -3.88. The topological polar surface area (TPSA) is 66.5 Å². The number of fused-ring (bicyclic) bond motifs is 1. The molecule has 0 spiro atoms. The molecule has 1 heterocycles. The third-order valence-electron chi connectivity index (χ3n) is 5.04. The van der Waals surface area contributed by atoms with Crippen molar-refractivity contribution in [2.45, 2.75) is 17.9 Å². The summed E-state index contributed by atoms with van der Waals surface area (Å²) in [4.78, 5) is 12.5. The Morgan fingerprint density at radius 2 is 1.70 bits per heavy atom. The fourth-order valence-electron chi connectivity index (χ4n) is 3.42. The molecule has 1 aliphatic rings. The lowest BCUT2D eigenvalue weighted by Gasteiger charge is -2.28. The summed E-state index contributed by atoms with van der Waals surface area (Å²) in [6, 6.07) is 17.9. The molecule has 4 rings (SSSR count). The van der Waals surface area contributed by atoms with E-state index in [0.717, 1.165) is 23.3 Å². The lowest BCUT2D eigenvalue weighted by Crippen LogP contribution is -2.36. The first-order valence-electron chi connectivity index (χ1n) is 9.28. The molecule has 1 amide bonds. The number of anilines is 1. The van der Waals surface area contributed by atoms with Crippen LogP contribution >= 0.6 is 15.9 Å². The molecular weight excluding hydrogens is 471 g/mol. The lowest BCUT2D eigenvalue weighted by molar-refractivity contribution is 0.102. The first kappa shape index (κ1) is 20.7. The number of nitrogens with one attached hydrogen (secondary N) is 1. The molecule has 1 N–H and O–H groups in total. The van der Waals surface area contributed by atoms with Crippen LogP contribution in [0.4, 0.5) is 10.1 Å². The van der Waals surface area contributed by atoms with Gasteiger partial charge in [-0.1, -0.05) is 36.4 Å². The van der Waals surface area contributed by atoms with Gasteiger partial charge in [0.15, 0.2) is 0 Å². The molecular formula is C22H18BrFN2O3S. The van der Waals surface area contributed by atoms with Crippen molar-refractivity contribution >= 4 is 37.5 Å². The van der Waals surface area contributed by atoms with Gasteiger partial charge in [0, 0.05) is 17.6 Å². The summed E-state index contributed by atoms with van der Waals surface area (Å²) < 4.78 is 42.7. The molecule has 5 nitrogen and oxygen atoms in total. The van der Waals surface area contributed by atoms with E-state index in [1.165, 1.54) is 10.4 Å². The van der Waals surface area contributed by atoms with Crippen molar-refractivity contribution in [2.24, 2.45) is 0 Å². The number of carbonyl (C=O) groups excluding carboxylic acids is 1. The Balaban J connectivity index is 1.62. The molecule has 0 saturated heterocycles. The Kier molecular flexibility index (Phi) is 5.73. The van der Waals surface area contributed by atoms with Crippen LogP contribution in [0.1, 0.15) is 21.5 Å². The molecule has 154 valence electrons. The van der Waals surface area contributed by atoms with Gasteiger partial charge in [0.2, 0.25) is 10.0 Å². The Labute approximate surface area is 182 Å². The van der Waals surface area contributed by atoms with E-state index >= 15 is 0 Å². The van der Waals surface area contributed by atoms with Crippen molar-refractivity contribution in [3.05, 3.63) is 93.7 Å². The van der Waals surface area contributed by atoms with Crippen LogP contribution in [-0.4, -0.2) is 25.2 Å². The maximum absolute atomic E-state index is 14.4. The average molecular weight is 489 g/mol. The summed E-state index contributed by atoms with van der Waals surface area (Å²) in [5, 5.41) is 2.60. The van der Waals surface area contributed by atoms with Crippen molar-refractivity contribution in [2.75, 3.05) is 11.9 Å². The summed E-state index contributed by atoms with van der Waals surface area (Å²) in [5.41, 5.74) is 2.20. The number of sulfonamides is 1. The molecule has 0 saturated carbocycles. The van der Waals surface area contributed by atoms with Crippen LogP contribution < -0.4 is 5.32 Å². The number of halogens is 2. The summed E-state index contributed by atoms with van der Waals surface area (Å²) in [7, 11) is -3.88. The Hall–Kier alpha value is -2.55. The Morgan fingerprint density at radius 3 is 2.47 bits per heavy atom. The number of para-hydroxylation sites is 1. The second-order valence-electron chi connectivity index (χ2n) is 6.93. The number of nitrogens with zero attached hydrogens (tertiary/aromatic N) is 1. The zero-order chi connectivity index (χ0) is 21.3. The smallest absolute Gasteiger partial charge is 0.258 e. The minimum Gasteiger partial charge on any atom is -0.321 e. The van der Waals surface area contributed by atoms with Gasteiger partial charge in [-0.2, -0.15) is 4.31 Å². The number of benzene rings is 3. The lowest BCUT2D eigenvalue weighted by atomic mass is 10.0. The van der Waals surface area contributed by atoms with Crippen molar-refractivity contribution in [1.82, 2.24) is 4.31 Å². The van der Waals surface area contributed by atoms with Gasteiger partial charge in [-0.3, -0.25) is 4.79 Å². The number of amides is 1. The van der Waals surface area contributed by atoms with Gasteiger partial charge in [-0.25, -0.2) is 12.8 Å². The number of rotatable bonds is 4. The zero-order valence-corrected chi connectivity index (χ0v) is 18.2. The average Bonchev–Trinajstić information content (AvgIpc) is 2.75. The summed E-state index contributed by atoms with van der Waals surface area (Å²) in [6.07, 6.45) is 0.603. The van der Waals surface area contributed by atoms with Gasteiger partial charge in [0.1, 0.15) is 5.82 Å². The van der Waals surface area contributed by atoms with Crippen LogP contribution in [0.15, 0.2) is 76.1 Å². The van der Waals surface area contributed by atoms with Gasteiger partial charge >= 0.3 is 0 Å². The minimum absolute atomic E-state index is 0.111. The summed E-state index contributed by atoms with van der Waals surface area (Å²) in [6.45, 7) is 0.573. The van der Waals surface area contributed by atoms with Crippen molar-refractivity contribution in [1.29, 1.82) is 0 Å². The van der Waals surface area contributed by atoms with Crippen LogP contribution in [0.25, 0.3) is 0 Å². The highest BCUT2D eigenvalue weighted by molar-refractivity contribution is 9.10. The van der Waals surface area contributed by atoms with E-state index in [-0.39, 0.29) is 17.0 Å². The van der Waals surface area contributed by atoms with Crippen LogP contribution in [0.5, 0.6) is 0 Å². The molecule has 3 aromatic carbocycles. The van der Waals surface area contributed by atoms with Gasteiger partial charge in [0.25, 0.3) is 5.91 Å². The third kappa shape index (κ3) is 4.03. The van der Waals surface area contributed by atoms with E-state index in [1.807, 2.05) is 24.3 Å². The Morgan fingerprint density at radius 1 is 1.00 bits per heavy atom. The molecule has 1 aliphatic heterocycles. The predicted molar refractivity (Wildman–Crippen MR) is 116 cm³/mol. The first-order chi connectivity index (χ1) is 14.4. The number of hydrogen-bond donors (Lipinski definition) is 1. The van der Waals surface area contributed by atoms with Crippen LogP contribution in [0, 0.1) is 5.82 Å². The fourth-order valence-corrected chi connectivity index (χ4v) is 5.24. The summed E-state index contributed by atoms with van der Waals surface area (Å²) in [5.74, 6) is -1.51. The van der Waals surface area contributed by atoms with Gasteiger partial charge in [0.05, 0.1) is 16.1 Å². The molecule has 0 atom stereocenters. The van der Waals surface area contributed by atoms with E-state index in [9.17, 15) is 17.6 Å². The first-order valence-corrected chi connectivity index (χ1v) is 11.5. The van der Waals surface area contributed by atoms with Gasteiger partial charge in [-0.05, 0) is 63.8 Å². The normalized spacial score (nSPS) is 14.2. The SMILES string of the molecule is O=C(Nc1ccccc1Br)c1cc(S(=O)(=O)N2CCc3ccccc3C2)ccc1F. The third-order valence-corrected chi connectivity index (χ3v) is 7.57. The van der Waals surface area contributed by atoms with Crippen molar-refractivity contribution in [3.8, 4) is 0 Å². The molecule has 0 aliphatic carbocycles. The molecule has 0 aromatic heterocycles. The predicted octanol–water partition coefficient (Wildman–Crippen LogP) is 4.59. The van der Waals surface area contributed by atoms with Crippen LogP contribution in [-0.2, 0) is 23.0 Å². The molecule has 3 aromatic rings. The largest absolute Gasteiger partial charge is 0.321 e. The van der Waals surface area contributed by atoms with Crippen LogP contribution in [0.2, 0.25) is 0 Å². The van der Waals surface area contributed by atoms with Crippen molar-refractivity contribution in [3.63, 3.8) is 0 Å². The highest BCUT2D eigenvalue weighted by atomic mass is 79.9. The highest BCUT2D eigenvalue weighted by Crippen LogP contribution is 2.27. The van der Waals surface area contributed by atoms with Gasteiger partial charge in [-0.15, -0.1) is 0 Å². The maximum atomic E-state index is 14.4. The van der Waals surface area contributed by atoms with E-state index in [2.05, 4.69) is 21.2 Å². The van der Waals surface area contributed by atoms with E-state index in [0.29, 0.717) is 23.1 Å². The zero-order valence-electron chi connectivity index (χ0n) is 15.8. The molecule has 8 heteroatoms. The maximum Gasteiger partial charge on any atom is 0.258 e. The molecule has 0 fully saturated rings. The monoisotopic (exact) mass is 488 g/mol. The van der Waals surface area contributed by atoms with Crippen molar-refractivity contribution < 1.29 is 17.6 Å². The van der Waals surface area contributed by atoms with Gasteiger partial charge < -0.3 is 5.32 Å². The number of carbonyl (C=O) groups is 1. The fraction of sp³-hybridized carbons (Fsp3) is 0.136. The van der Waals surface area contributed by atoms with E-state index < -0.39 is 21.7 Å². The second kappa shape index (κ2) is 8.29. The Bertz CT molecular complexity index is 1230. The number of hydrogen-bond acceptors (Lipinski definition) is 3. The summed E-state index contributed by atoms with van der Waals surface area (Å²) >= 11 is 3.32. The second-order valence-corrected chi connectivity index (χ2v) is 9.73. The van der Waals surface area contributed by atoms with E-state index in [4.69, 9.17) is 0 Å². The molecule has 0 radical (unpaired) electrons. The highest BCUT2D eigenvalue weighted by Gasteiger charge is 2.29.